The smallest absolute Gasteiger partial charge is 0.138 e. The Hall–Kier alpha value is -2.02. The van der Waals surface area contributed by atoms with Gasteiger partial charge in [-0.2, -0.15) is 0 Å². The van der Waals surface area contributed by atoms with Gasteiger partial charge in [0.25, 0.3) is 0 Å². The standard InChI is InChI=1S/C19H20O/c1-11-6-8-16(9-7-11)18-15(5)20-19-14(4)12(2)10-13(3)17(18)19/h6-10H,1-5H3. The molecule has 0 aliphatic carbocycles. The molecule has 0 bridgehead atoms. The summed E-state index contributed by atoms with van der Waals surface area (Å²) in [6, 6.07) is 10.9. The molecule has 20 heavy (non-hydrogen) atoms. The summed E-state index contributed by atoms with van der Waals surface area (Å²) >= 11 is 0. The molecular weight excluding hydrogens is 244 g/mol. The van der Waals surface area contributed by atoms with E-state index in [1.54, 1.807) is 0 Å². The van der Waals surface area contributed by atoms with Crippen molar-refractivity contribution in [2.75, 3.05) is 0 Å². The van der Waals surface area contributed by atoms with Crippen molar-refractivity contribution in [3.63, 3.8) is 0 Å². The molecule has 0 saturated heterocycles. The molecule has 1 nitrogen and oxygen atoms in total. The van der Waals surface area contributed by atoms with Gasteiger partial charge in [0.1, 0.15) is 11.3 Å². The van der Waals surface area contributed by atoms with Gasteiger partial charge in [0, 0.05) is 10.9 Å². The molecular formula is C19H20O. The van der Waals surface area contributed by atoms with Crippen LogP contribution in [-0.2, 0) is 0 Å². The average molecular weight is 264 g/mol. The Morgan fingerprint density at radius 2 is 1.45 bits per heavy atom. The fourth-order valence-corrected chi connectivity index (χ4v) is 2.94. The van der Waals surface area contributed by atoms with Crippen LogP contribution in [0.15, 0.2) is 34.7 Å². The summed E-state index contributed by atoms with van der Waals surface area (Å²) < 4.78 is 6.08. The maximum Gasteiger partial charge on any atom is 0.138 e. The molecule has 0 fully saturated rings. The summed E-state index contributed by atoms with van der Waals surface area (Å²) in [5, 5.41) is 1.26. The van der Waals surface area contributed by atoms with E-state index in [2.05, 4.69) is 65.0 Å². The highest BCUT2D eigenvalue weighted by atomic mass is 16.3. The number of aryl methyl sites for hydroxylation is 5. The first kappa shape index (κ1) is 13.0. The molecule has 0 radical (unpaired) electrons. The van der Waals surface area contributed by atoms with Crippen molar-refractivity contribution in [1.29, 1.82) is 0 Å². The van der Waals surface area contributed by atoms with Crippen molar-refractivity contribution in [3.8, 4) is 11.1 Å². The van der Waals surface area contributed by atoms with Crippen LogP contribution in [0.3, 0.4) is 0 Å². The van der Waals surface area contributed by atoms with E-state index < -0.39 is 0 Å². The van der Waals surface area contributed by atoms with E-state index in [4.69, 9.17) is 4.42 Å². The Morgan fingerprint density at radius 3 is 2.10 bits per heavy atom. The van der Waals surface area contributed by atoms with Gasteiger partial charge >= 0.3 is 0 Å². The first-order chi connectivity index (χ1) is 9.49. The largest absolute Gasteiger partial charge is 0.460 e. The van der Waals surface area contributed by atoms with E-state index in [1.165, 1.54) is 38.8 Å². The minimum atomic E-state index is 1.00. The molecule has 0 aliphatic heterocycles. The number of furan rings is 1. The maximum atomic E-state index is 6.08. The molecule has 0 saturated carbocycles. The average Bonchev–Trinajstić information content (AvgIpc) is 2.75. The fraction of sp³-hybridized carbons (Fsp3) is 0.263. The van der Waals surface area contributed by atoms with E-state index in [0.29, 0.717) is 0 Å². The summed E-state index contributed by atoms with van der Waals surface area (Å²) in [4.78, 5) is 0. The van der Waals surface area contributed by atoms with Gasteiger partial charge in [-0.25, -0.2) is 0 Å². The molecule has 3 rings (SSSR count). The van der Waals surface area contributed by atoms with Gasteiger partial charge in [-0.05, 0) is 56.9 Å². The van der Waals surface area contributed by atoms with Crippen LogP contribution in [0.25, 0.3) is 22.1 Å². The lowest BCUT2D eigenvalue weighted by molar-refractivity contribution is 0.577. The lowest BCUT2D eigenvalue weighted by atomic mass is 9.95. The highest BCUT2D eigenvalue weighted by Gasteiger charge is 2.17. The van der Waals surface area contributed by atoms with Crippen molar-refractivity contribution in [3.05, 3.63) is 58.3 Å². The molecule has 0 aliphatic rings. The Labute approximate surface area is 120 Å². The first-order valence-corrected chi connectivity index (χ1v) is 7.06. The van der Waals surface area contributed by atoms with Gasteiger partial charge in [-0.1, -0.05) is 35.9 Å². The predicted molar refractivity (Wildman–Crippen MR) is 85.3 cm³/mol. The van der Waals surface area contributed by atoms with E-state index in [-0.39, 0.29) is 0 Å². The van der Waals surface area contributed by atoms with Gasteiger partial charge in [-0.15, -0.1) is 0 Å². The molecule has 3 aromatic rings. The van der Waals surface area contributed by atoms with E-state index in [1.807, 2.05) is 0 Å². The first-order valence-electron chi connectivity index (χ1n) is 7.06. The molecule has 1 aromatic heterocycles. The fourth-order valence-electron chi connectivity index (χ4n) is 2.94. The molecule has 0 amide bonds. The van der Waals surface area contributed by atoms with Crippen molar-refractivity contribution < 1.29 is 4.42 Å². The lowest BCUT2D eigenvalue weighted by Gasteiger charge is -2.06. The molecule has 1 heterocycles. The summed E-state index contributed by atoms with van der Waals surface area (Å²) in [6.07, 6.45) is 0. The van der Waals surface area contributed by atoms with Crippen molar-refractivity contribution in [2.45, 2.75) is 34.6 Å². The Kier molecular flexibility index (Phi) is 2.93. The summed E-state index contributed by atoms with van der Waals surface area (Å²) in [5.74, 6) is 1.00. The number of benzene rings is 2. The zero-order chi connectivity index (χ0) is 14.4. The summed E-state index contributed by atoms with van der Waals surface area (Å²) in [6.45, 7) is 10.6. The molecule has 0 spiro atoms. The molecule has 0 atom stereocenters. The quantitative estimate of drug-likeness (QED) is 0.554. The molecule has 0 N–H and O–H groups in total. The van der Waals surface area contributed by atoms with Crippen LogP contribution in [0.1, 0.15) is 28.0 Å². The molecule has 2 aromatic carbocycles. The van der Waals surface area contributed by atoms with Gasteiger partial charge in [-0.3, -0.25) is 0 Å². The van der Waals surface area contributed by atoms with Gasteiger partial charge in [0.2, 0.25) is 0 Å². The van der Waals surface area contributed by atoms with Crippen LogP contribution in [0.2, 0.25) is 0 Å². The number of hydrogen-bond acceptors (Lipinski definition) is 1. The van der Waals surface area contributed by atoms with Gasteiger partial charge < -0.3 is 4.42 Å². The minimum Gasteiger partial charge on any atom is -0.460 e. The van der Waals surface area contributed by atoms with Crippen LogP contribution in [0.4, 0.5) is 0 Å². The number of rotatable bonds is 1. The maximum absolute atomic E-state index is 6.08. The van der Waals surface area contributed by atoms with E-state index in [9.17, 15) is 0 Å². The summed E-state index contributed by atoms with van der Waals surface area (Å²) in [5.41, 5.74) is 8.61. The summed E-state index contributed by atoms with van der Waals surface area (Å²) in [7, 11) is 0. The third-order valence-electron chi connectivity index (χ3n) is 4.18. The topological polar surface area (TPSA) is 13.1 Å². The highest BCUT2D eigenvalue weighted by Crippen LogP contribution is 2.38. The zero-order valence-electron chi connectivity index (χ0n) is 12.8. The Bertz CT molecular complexity index is 789. The monoisotopic (exact) mass is 264 g/mol. The Balaban J connectivity index is 2.39. The van der Waals surface area contributed by atoms with Gasteiger partial charge in [0.05, 0.1) is 0 Å². The molecule has 0 unspecified atom stereocenters. The van der Waals surface area contributed by atoms with Crippen LogP contribution in [-0.4, -0.2) is 0 Å². The second kappa shape index (κ2) is 4.52. The third kappa shape index (κ3) is 1.85. The molecule has 102 valence electrons. The highest BCUT2D eigenvalue weighted by molar-refractivity contribution is 5.99. The normalized spacial score (nSPS) is 11.2. The van der Waals surface area contributed by atoms with Crippen molar-refractivity contribution in [2.24, 2.45) is 0 Å². The van der Waals surface area contributed by atoms with Crippen LogP contribution in [0.5, 0.6) is 0 Å². The minimum absolute atomic E-state index is 1.00. The van der Waals surface area contributed by atoms with Crippen LogP contribution < -0.4 is 0 Å². The number of hydrogen-bond donors (Lipinski definition) is 0. The van der Waals surface area contributed by atoms with Crippen LogP contribution in [0, 0.1) is 34.6 Å². The molecule has 1 heteroatoms. The van der Waals surface area contributed by atoms with E-state index in [0.717, 1.165) is 11.3 Å². The van der Waals surface area contributed by atoms with Crippen molar-refractivity contribution >= 4 is 11.0 Å². The lowest BCUT2D eigenvalue weighted by Crippen LogP contribution is -1.86. The van der Waals surface area contributed by atoms with E-state index >= 15 is 0 Å². The van der Waals surface area contributed by atoms with Crippen LogP contribution >= 0.6 is 0 Å². The predicted octanol–water partition coefficient (Wildman–Crippen LogP) is 5.64. The van der Waals surface area contributed by atoms with Gasteiger partial charge in [0.15, 0.2) is 0 Å². The number of fused-ring (bicyclic) bond motifs is 1. The van der Waals surface area contributed by atoms with Crippen molar-refractivity contribution in [1.82, 2.24) is 0 Å². The SMILES string of the molecule is Cc1ccc(-c2c(C)oc3c(C)c(C)cc(C)c23)cc1. The Morgan fingerprint density at radius 1 is 0.800 bits per heavy atom. The zero-order valence-corrected chi connectivity index (χ0v) is 12.8. The second-order valence-electron chi connectivity index (χ2n) is 5.74. The third-order valence-corrected chi connectivity index (χ3v) is 4.18. The second-order valence-corrected chi connectivity index (χ2v) is 5.74.